The zero-order valence-corrected chi connectivity index (χ0v) is 15.2. The van der Waals surface area contributed by atoms with Crippen molar-refractivity contribution < 1.29 is 18.4 Å². The summed E-state index contributed by atoms with van der Waals surface area (Å²) in [6.45, 7) is 1.04. The van der Waals surface area contributed by atoms with E-state index in [1.165, 1.54) is 4.90 Å². The lowest BCUT2D eigenvalue weighted by Crippen LogP contribution is -2.37. The first-order valence-electron chi connectivity index (χ1n) is 9.28. The summed E-state index contributed by atoms with van der Waals surface area (Å²) < 4.78 is 27.0. The molecular formula is C21H21F2N3O2. The van der Waals surface area contributed by atoms with Gasteiger partial charge in [0.25, 0.3) is 0 Å². The quantitative estimate of drug-likeness (QED) is 0.882. The molecule has 0 spiro atoms. The first-order chi connectivity index (χ1) is 13.4. The number of halogens is 2. The summed E-state index contributed by atoms with van der Waals surface area (Å²) in [6.07, 6.45) is 0.0265. The molecule has 1 unspecified atom stereocenters. The number of nitrogens with two attached hydrogens (primary N) is 1. The van der Waals surface area contributed by atoms with Gasteiger partial charge in [-0.2, -0.15) is 0 Å². The van der Waals surface area contributed by atoms with E-state index in [-0.39, 0.29) is 42.4 Å². The number of carbonyl (C=O) groups is 2. The number of likely N-dealkylation sites (tertiary alicyclic amines) is 1. The average molecular weight is 385 g/mol. The minimum atomic E-state index is -0.756. The van der Waals surface area contributed by atoms with Gasteiger partial charge in [0.15, 0.2) is 0 Å². The van der Waals surface area contributed by atoms with Crippen molar-refractivity contribution in [2.75, 3.05) is 24.5 Å². The van der Waals surface area contributed by atoms with Gasteiger partial charge in [0.2, 0.25) is 11.8 Å². The SMILES string of the molecule is N[C@@H]1CN(C(=O)C2CC(=O)N(c3cc(F)cc(F)c3)C2)C[C@H]1c1ccccc1. The van der Waals surface area contributed by atoms with E-state index in [1.54, 1.807) is 4.90 Å². The topological polar surface area (TPSA) is 66.6 Å². The predicted octanol–water partition coefficient (Wildman–Crippen LogP) is 2.27. The van der Waals surface area contributed by atoms with Crippen molar-refractivity contribution in [1.29, 1.82) is 0 Å². The van der Waals surface area contributed by atoms with Crippen LogP contribution in [0.2, 0.25) is 0 Å². The molecule has 2 N–H and O–H groups in total. The summed E-state index contributed by atoms with van der Waals surface area (Å²) in [5.41, 5.74) is 7.49. The molecule has 0 radical (unpaired) electrons. The molecule has 2 aliphatic rings. The summed E-state index contributed by atoms with van der Waals surface area (Å²) in [6, 6.07) is 12.6. The maximum absolute atomic E-state index is 13.5. The monoisotopic (exact) mass is 385 g/mol. The molecule has 2 aromatic rings. The minimum Gasteiger partial charge on any atom is -0.340 e. The highest BCUT2D eigenvalue weighted by Gasteiger charge is 2.41. The second-order valence-electron chi connectivity index (χ2n) is 7.46. The van der Waals surface area contributed by atoms with Crippen molar-refractivity contribution in [3.63, 3.8) is 0 Å². The molecule has 5 nitrogen and oxygen atoms in total. The lowest BCUT2D eigenvalue weighted by atomic mass is 9.95. The second-order valence-corrected chi connectivity index (χ2v) is 7.46. The number of amides is 2. The van der Waals surface area contributed by atoms with Crippen molar-refractivity contribution in [1.82, 2.24) is 4.90 Å². The first-order valence-corrected chi connectivity index (χ1v) is 9.28. The third-order valence-electron chi connectivity index (χ3n) is 5.54. The molecule has 0 bridgehead atoms. The molecule has 28 heavy (non-hydrogen) atoms. The number of nitrogens with zero attached hydrogens (tertiary/aromatic N) is 2. The Morgan fingerprint density at radius 3 is 2.36 bits per heavy atom. The fourth-order valence-electron chi connectivity index (χ4n) is 4.14. The highest BCUT2D eigenvalue weighted by atomic mass is 19.1. The zero-order valence-electron chi connectivity index (χ0n) is 15.2. The predicted molar refractivity (Wildman–Crippen MR) is 101 cm³/mol. The Bertz CT molecular complexity index is 886. The van der Waals surface area contributed by atoms with Gasteiger partial charge in [-0.3, -0.25) is 9.59 Å². The largest absolute Gasteiger partial charge is 0.340 e. The highest BCUT2D eigenvalue weighted by Crippen LogP contribution is 2.31. The molecular weight excluding hydrogens is 364 g/mol. The lowest BCUT2D eigenvalue weighted by molar-refractivity contribution is -0.134. The molecule has 0 aromatic heterocycles. The van der Waals surface area contributed by atoms with E-state index < -0.39 is 17.6 Å². The van der Waals surface area contributed by atoms with Gasteiger partial charge in [0.05, 0.1) is 5.92 Å². The van der Waals surface area contributed by atoms with Crippen LogP contribution >= 0.6 is 0 Å². The maximum atomic E-state index is 13.5. The van der Waals surface area contributed by atoms with Gasteiger partial charge in [-0.25, -0.2) is 8.78 Å². The first kappa shape index (κ1) is 18.6. The lowest BCUT2D eigenvalue weighted by Gasteiger charge is -2.21. The van der Waals surface area contributed by atoms with Gasteiger partial charge < -0.3 is 15.5 Å². The number of hydrogen-bond acceptors (Lipinski definition) is 3. The highest BCUT2D eigenvalue weighted by molar-refractivity contribution is 6.00. The van der Waals surface area contributed by atoms with Crippen molar-refractivity contribution in [3.8, 4) is 0 Å². The van der Waals surface area contributed by atoms with Crippen molar-refractivity contribution >= 4 is 17.5 Å². The van der Waals surface area contributed by atoms with E-state index in [2.05, 4.69) is 0 Å². The summed E-state index contributed by atoms with van der Waals surface area (Å²) >= 11 is 0. The molecule has 7 heteroatoms. The van der Waals surface area contributed by atoms with Crippen molar-refractivity contribution in [3.05, 3.63) is 65.7 Å². The van der Waals surface area contributed by atoms with Crippen LogP contribution in [0.4, 0.5) is 14.5 Å². The van der Waals surface area contributed by atoms with Crippen LogP contribution in [0.25, 0.3) is 0 Å². The van der Waals surface area contributed by atoms with Crippen molar-refractivity contribution in [2.24, 2.45) is 11.7 Å². The van der Waals surface area contributed by atoms with Crippen LogP contribution in [0, 0.1) is 17.6 Å². The Morgan fingerprint density at radius 1 is 1.00 bits per heavy atom. The van der Waals surface area contributed by atoms with Gasteiger partial charge in [-0.1, -0.05) is 30.3 Å². The Kier molecular flexibility index (Phi) is 4.85. The molecule has 2 aliphatic heterocycles. The van der Waals surface area contributed by atoms with Crippen LogP contribution in [0.15, 0.2) is 48.5 Å². The standard InChI is InChI=1S/C21H21F2N3O2/c22-15-7-16(23)9-17(8-15)26-10-14(6-20(26)27)21(28)25-11-18(19(24)12-25)13-4-2-1-3-5-13/h1-5,7-9,14,18-19H,6,10-12,24H2/t14?,18-,19+/m0/s1. The van der Waals surface area contributed by atoms with E-state index in [1.807, 2.05) is 30.3 Å². The Hall–Kier alpha value is -2.80. The molecule has 2 amide bonds. The number of anilines is 1. The number of carbonyl (C=O) groups excluding carboxylic acids is 2. The zero-order chi connectivity index (χ0) is 19.8. The number of hydrogen-bond donors (Lipinski definition) is 1. The summed E-state index contributed by atoms with van der Waals surface area (Å²) in [5, 5.41) is 0. The van der Waals surface area contributed by atoms with E-state index in [0.717, 1.165) is 23.8 Å². The normalized spacial score (nSPS) is 24.8. The van der Waals surface area contributed by atoms with Crippen molar-refractivity contribution in [2.45, 2.75) is 18.4 Å². The van der Waals surface area contributed by atoms with Crippen LogP contribution in [-0.4, -0.2) is 42.4 Å². The van der Waals surface area contributed by atoms with Crippen LogP contribution in [0.1, 0.15) is 17.9 Å². The molecule has 2 saturated heterocycles. The summed E-state index contributed by atoms with van der Waals surface area (Å²) in [7, 11) is 0. The van der Waals surface area contributed by atoms with E-state index in [9.17, 15) is 18.4 Å². The second kappa shape index (κ2) is 7.31. The Morgan fingerprint density at radius 2 is 1.68 bits per heavy atom. The van der Waals surface area contributed by atoms with Crippen LogP contribution in [-0.2, 0) is 9.59 Å². The minimum absolute atomic E-state index is 0.0265. The number of rotatable bonds is 3. The molecule has 2 heterocycles. The summed E-state index contributed by atoms with van der Waals surface area (Å²) in [5.74, 6) is -2.45. The van der Waals surface area contributed by atoms with Gasteiger partial charge in [0, 0.05) is 49.8 Å². The molecule has 3 atom stereocenters. The van der Waals surface area contributed by atoms with Gasteiger partial charge in [-0.05, 0) is 17.7 Å². The van der Waals surface area contributed by atoms with Crippen LogP contribution < -0.4 is 10.6 Å². The third-order valence-corrected chi connectivity index (χ3v) is 5.54. The summed E-state index contributed by atoms with van der Waals surface area (Å²) in [4.78, 5) is 28.3. The Labute approximate surface area is 161 Å². The maximum Gasteiger partial charge on any atom is 0.228 e. The van der Waals surface area contributed by atoms with E-state index in [4.69, 9.17) is 5.73 Å². The van der Waals surface area contributed by atoms with Crippen LogP contribution in [0.3, 0.4) is 0 Å². The third kappa shape index (κ3) is 3.49. The van der Waals surface area contributed by atoms with Gasteiger partial charge >= 0.3 is 0 Å². The van der Waals surface area contributed by atoms with E-state index in [0.29, 0.717) is 13.1 Å². The van der Waals surface area contributed by atoms with Gasteiger partial charge in [-0.15, -0.1) is 0 Å². The van der Waals surface area contributed by atoms with E-state index >= 15 is 0 Å². The molecule has 4 rings (SSSR count). The molecule has 0 aliphatic carbocycles. The molecule has 0 saturated carbocycles. The average Bonchev–Trinajstić information content (AvgIpc) is 3.24. The molecule has 146 valence electrons. The molecule has 2 fully saturated rings. The Balaban J connectivity index is 1.47. The fraction of sp³-hybridized carbons (Fsp3) is 0.333. The van der Waals surface area contributed by atoms with Gasteiger partial charge in [0.1, 0.15) is 11.6 Å². The fourth-order valence-corrected chi connectivity index (χ4v) is 4.14. The number of benzene rings is 2. The molecule has 2 aromatic carbocycles. The smallest absolute Gasteiger partial charge is 0.228 e. The van der Waals surface area contributed by atoms with Crippen LogP contribution in [0.5, 0.6) is 0 Å².